The molecule has 0 spiro atoms. The first kappa shape index (κ1) is 22.0. The lowest BCUT2D eigenvalue weighted by Crippen LogP contribution is -2.47. The maximum Gasteiger partial charge on any atom is 0.246 e. The number of piperazine rings is 1. The third-order valence-corrected chi connectivity index (χ3v) is 6.80. The lowest BCUT2D eigenvalue weighted by molar-refractivity contribution is -0.114. The SMILES string of the molecule is COc1ccc(C=Cc2onc(C)c2NC(C)=O)cc1S(=O)(=O)N1CCN(C)CC1. The number of anilines is 1. The molecule has 1 saturated heterocycles. The Morgan fingerprint density at radius 3 is 2.57 bits per heavy atom. The number of benzene rings is 1. The molecule has 30 heavy (non-hydrogen) atoms. The van der Waals surface area contributed by atoms with Gasteiger partial charge in [-0.05, 0) is 37.7 Å². The monoisotopic (exact) mass is 434 g/mol. The number of rotatable bonds is 6. The van der Waals surface area contributed by atoms with E-state index < -0.39 is 10.0 Å². The number of hydrogen-bond acceptors (Lipinski definition) is 7. The molecule has 3 rings (SSSR count). The van der Waals surface area contributed by atoms with Crippen LogP contribution in [0.15, 0.2) is 27.6 Å². The highest BCUT2D eigenvalue weighted by molar-refractivity contribution is 7.89. The lowest BCUT2D eigenvalue weighted by Gasteiger charge is -2.31. The fourth-order valence-electron chi connectivity index (χ4n) is 3.17. The van der Waals surface area contributed by atoms with Crippen LogP contribution >= 0.6 is 0 Å². The van der Waals surface area contributed by atoms with Crippen molar-refractivity contribution in [2.45, 2.75) is 18.7 Å². The van der Waals surface area contributed by atoms with Crippen molar-refractivity contribution in [3.8, 4) is 5.75 Å². The van der Waals surface area contributed by atoms with E-state index in [1.165, 1.54) is 18.3 Å². The number of amides is 1. The number of hydrogen-bond donors (Lipinski definition) is 1. The van der Waals surface area contributed by atoms with Gasteiger partial charge in [0.1, 0.15) is 22.0 Å². The summed E-state index contributed by atoms with van der Waals surface area (Å²) in [7, 11) is -0.281. The molecular formula is C20H26N4O5S. The molecule has 0 atom stereocenters. The zero-order chi connectivity index (χ0) is 21.9. The van der Waals surface area contributed by atoms with Crippen molar-refractivity contribution in [1.82, 2.24) is 14.4 Å². The Morgan fingerprint density at radius 1 is 1.23 bits per heavy atom. The van der Waals surface area contributed by atoms with E-state index >= 15 is 0 Å². The Balaban J connectivity index is 1.92. The highest BCUT2D eigenvalue weighted by Crippen LogP contribution is 2.30. The quantitative estimate of drug-likeness (QED) is 0.742. The van der Waals surface area contributed by atoms with Gasteiger partial charge in [0.25, 0.3) is 0 Å². The Labute approximate surface area is 176 Å². The molecule has 1 aliphatic rings. The summed E-state index contributed by atoms with van der Waals surface area (Å²) in [5.74, 6) is 0.434. The number of sulfonamides is 1. The Bertz CT molecular complexity index is 1050. The number of nitrogens with one attached hydrogen (secondary N) is 1. The predicted octanol–water partition coefficient (Wildman–Crippen LogP) is 2.06. The Morgan fingerprint density at radius 2 is 1.93 bits per heavy atom. The van der Waals surface area contributed by atoms with E-state index in [1.54, 1.807) is 37.3 Å². The summed E-state index contributed by atoms with van der Waals surface area (Å²) in [6.07, 6.45) is 3.34. The van der Waals surface area contributed by atoms with Gasteiger partial charge in [-0.2, -0.15) is 4.31 Å². The van der Waals surface area contributed by atoms with Crippen molar-refractivity contribution in [2.75, 3.05) is 45.7 Å². The van der Waals surface area contributed by atoms with Gasteiger partial charge in [0, 0.05) is 33.1 Å². The van der Waals surface area contributed by atoms with Crippen molar-refractivity contribution in [2.24, 2.45) is 0 Å². The van der Waals surface area contributed by atoms with E-state index in [0.29, 0.717) is 54.6 Å². The fourth-order valence-corrected chi connectivity index (χ4v) is 4.78. The van der Waals surface area contributed by atoms with Crippen LogP contribution in [0.1, 0.15) is 23.9 Å². The molecule has 10 heteroatoms. The summed E-state index contributed by atoms with van der Waals surface area (Å²) in [6, 6.07) is 4.95. The van der Waals surface area contributed by atoms with E-state index in [2.05, 4.69) is 15.4 Å². The minimum atomic E-state index is -3.70. The molecular weight excluding hydrogens is 408 g/mol. The second kappa shape index (κ2) is 8.99. The number of methoxy groups -OCH3 is 1. The number of nitrogens with zero attached hydrogens (tertiary/aromatic N) is 3. The second-order valence-corrected chi connectivity index (χ2v) is 9.05. The van der Waals surface area contributed by atoms with Crippen LogP contribution in [0.4, 0.5) is 5.69 Å². The summed E-state index contributed by atoms with van der Waals surface area (Å²) < 4.78 is 38.5. The van der Waals surface area contributed by atoms with E-state index in [9.17, 15) is 13.2 Å². The zero-order valence-electron chi connectivity index (χ0n) is 17.5. The van der Waals surface area contributed by atoms with Crippen LogP contribution in [0, 0.1) is 6.92 Å². The number of carbonyl (C=O) groups excluding carboxylic acids is 1. The number of carbonyl (C=O) groups is 1. The Kier molecular flexibility index (Phi) is 6.59. The molecule has 2 aromatic rings. The first-order chi connectivity index (χ1) is 14.2. The normalized spacial score (nSPS) is 16.1. The number of ether oxygens (including phenoxy) is 1. The van der Waals surface area contributed by atoms with Gasteiger partial charge < -0.3 is 19.5 Å². The molecule has 1 fully saturated rings. The highest BCUT2D eigenvalue weighted by Gasteiger charge is 2.30. The van der Waals surface area contributed by atoms with Gasteiger partial charge in [0.2, 0.25) is 15.9 Å². The molecule has 0 unspecified atom stereocenters. The lowest BCUT2D eigenvalue weighted by atomic mass is 10.2. The summed E-state index contributed by atoms with van der Waals surface area (Å²) in [5, 5.41) is 6.55. The molecule has 0 saturated carbocycles. The van der Waals surface area contributed by atoms with E-state index in [4.69, 9.17) is 9.26 Å². The van der Waals surface area contributed by atoms with Gasteiger partial charge >= 0.3 is 0 Å². The zero-order valence-corrected chi connectivity index (χ0v) is 18.3. The van der Waals surface area contributed by atoms with Crippen molar-refractivity contribution < 1.29 is 22.5 Å². The highest BCUT2D eigenvalue weighted by atomic mass is 32.2. The largest absolute Gasteiger partial charge is 0.495 e. The van der Waals surface area contributed by atoms with Crippen molar-refractivity contribution in [3.63, 3.8) is 0 Å². The minimum absolute atomic E-state index is 0.118. The van der Waals surface area contributed by atoms with Crippen LogP contribution in [0.25, 0.3) is 12.2 Å². The molecule has 1 N–H and O–H groups in total. The molecule has 0 bridgehead atoms. The van der Waals surface area contributed by atoms with Gasteiger partial charge in [-0.3, -0.25) is 4.79 Å². The molecule has 2 heterocycles. The molecule has 0 radical (unpaired) electrons. The maximum atomic E-state index is 13.2. The molecule has 1 aromatic carbocycles. The molecule has 1 aromatic heterocycles. The topological polar surface area (TPSA) is 105 Å². The standard InChI is InChI=1S/C20H26N4O5S/c1-14-20(21-15(2)25)18(29-22-14)8-6-16-5-7-17(28-4)19(13-16)30(26,27)24-11-9-23(3)10-12-24/h5-8,13H,9-12H2,1-4H3,(H,21,25). The fraction of sp³-hybridized carbons (Fsp3) is 0.400. The van der Waals surface area contributed by atoms with Crippen LogP contribution in [-0.4, -0.2) is 69.0 Å². The smallest absolute Gasteiger partial charge is 0.246 e. The first-order valence-corrected chi connectivity index (χ1v) is 10.9. The number of aromatic nitrogens is 1. The second-order valence-electron chi connectivity index (χ2n) is 7.14. The predicted molar refractivity (Wildman–Crippen MR) is 114 cm³/mol. The summed E-state index contributed by atoms with van der Waals surface area (Å²) in [6.45, 7) is 5.34. The molecule has 1 amide bonds. The summed E-state index contributed by atoms with van der Waals surface area (Å²) in [4.78, 5) is 13.6. The van der Waals surface area contributed by atoms with Crippen LogP contribution in [0.5, 0.6) is 5.75 Å². The van der Waals surface area contributed by atoms with Crippen LogP contribution in [0.3, 0.4) is 0 Å². The van der Waals surface area contributed by atoms with E-state index in [1.807, 2.05) is 7.05 Å². The summed E-state index contributed by atoms with van der Waals surface area (Å²) >= 11 is 0. The van der Waals surface area contributed by atoms with Crippen molar-refractivity contribution >= 4 is 33.8 Å². The van der Waals surface area contributed by atoms with Crippen molar-refractivity contribution in [3.05, 3.63) is 35.2 Å². The third kappa shape index (κ3) is 4.72. The molecule has 162 valence electrons. The van der Waals surface area contributed by atoms with Gasteiger partial charge in [0.05, 0.1) is 7.11 Å². The number of aryl methyl sites for hydroxylation is 1. The number of likely N-dealkylation sites (N-methyl/N-ethyl adjacent to an activating group) is 1. The Hall–Kier alpha value is -2.69. The van der Waals surface area contributed by atoms with Crippen LogP contribution in [-0.2, 0) is 14.8 Å². The van der Waals surface area contributed by atoms with Crippen LogP contribution < -0.4 is 10.1 Å². The third-order valence-electron chi connectivity index (χ3n) is 4.89. The maximum absolute atomic E-state index is 13.2. The average molecular weight is 435 g/mol. The molecule has 1 aliphatic heterocycles. The first-order valence-electron chi connectivity index (χ1n) is 9.51. The average Bonchev–Trinajstić information content (AvgIpc) is 3.05. The molecule has 0 aliphatic carbocycles. The summed E-state index contributed by atoms with van der Waals surface area (Å²) in [5.41, 5.74) is 1.68. The molecule has 9 nitrogen and oxygen atoms in total. The minimum Gasteiger partial charge on any atom is -0.495 e. The van der Waals surface area contributed by atoms with Gasteiger partial charge in [-0.1, -0.05) is 17.3 Å². The van der Waals surface area contributed by atoms with E-state index in [0.717, 1.165) is 0 Å². The van der Waals surface area contributed by atoms with Gasteiger partial charge in [-0.25, -0.2) is 8.42 Å². The van der Waals surface area contributed by atoms with E-state index in [-0.39, 0.29) is 10.8 Å². The van der Waals surface area contributed by atoms with Gasteiger partial charge in [0.15, 0.2) is 5.76 Å². The van der Waals surface area contributed by atoms with Crippen LogP contribution in [0.2, 0.25) is 0 Å². The van der Waals surface area contributed by atoms with Gasteiger partial charge in [-0.15, -0.1) is 0 Å². The van der Waals surface area contributed by atoms with Crippen molar-refractivity contribution in [1.29, 1.82) is 0 Å².